The number of carbonyl (C=O) groups is 1. The van der Waals surface area contributed by atoms with Crippen molar-refractivity contribution in [1.29, 1.82) is 0 Å². The van der Waals surface area contributed by atoms with Crippen LogP contribution < -0.4 is 4.74 Å². The number of amides is 1. The standard InChI is InChI=1S/C27H33FN4O2/c1-5-27(33)31(19(2)3)18-23-21-17-30(16-20-10-6-7-11-22(20)28)15-14-24(21)32(29-23)25-12-8-9-13-26(25)34-4/h6-13,19H,5,14-18H2,1-4H3. The third-order valence-corrected chi connectivity index (χ3v) is 6.45. The quantitative estimate of drug-likeness (QED) is 0.484. The Morgan fingerprint density at radius 2 is 1.91 bits per heavy atom. The van der Waals surface area contributed by atoms with E-state index >= 15 is 0 Å². The molecule has 0 bridgehead atoms. The van der Waals surface area contributed by atoms with Crippen LogP contribution in [0.2, 0.25) is 0 Å². The Morgan fingerprint density at radius 3 is 2.62 bits per heavy atom. The number of benzene rings is 2. The molecule has 0 aliphatic carbocycles. The number of aromatic nitrogens is 2. The summed E-state index contributed by atoms with van der Waals surface area (Å²) in [6, 6.07) is 14.8. The molecule has 1 aliphatic heterocycles. The molecule has 2 heterocycles. The van der Waals surface area contributed by atoms with Crippen LogP contribution >= 0.6 is 0 Å². The monoisotopic (exact) mass is 464 g/mol. The van der Waals surface area contributed by atoms with Crippen molar-refractivity contribution in [3.8, 4) is 11.4 Å². The van der Waals surface area contributed by atoms with E-state index in [9.17, 15) is 9.18 Å². The van der Waals surface area contributed by atoms with E-state index < -0.39 is 0 Å². The first-order valence-corrected chi connectivity index (χ1v) is 11.9. The van der Waals surface area contributed by atoms with Crippen LogP contribution in [0.15, 0.2) is 48.5 Å². The summed E-state index contributed by atoms with van der Waals surface area (Å²) in [7, 11) is 1.66. The maximum atomic E-state index is 14.3. The largest absolute Gasteiger partial charge is 0.494 e. The number of halogens is 1. The maximum Gasteiger partial charge on any atom is 0.222 e. The summed E-state index contributed by atoms with van der Waals surface area (Å²) in [6.45, 7) is 8.37. The predicted molar refractivity (Wildman–Crippen MR) is 130 cm³/mol. The Bertz CT molecular complexity index is 1160. The fraction of sp³-hybridized carbons (Fsp3) is 0.407. The van der Waals surface area contributed by atoms with Crippen molar-refractivity contribution in [1.82, 2.24) is 19.6 Å². The van der Waals surface area contributed by atoms with Crippen LogP contribution in [0.5, 0.6) is 5.75 Å². The molecule has 6 nitrogen and oxygen atoms in total. The van der Waals surface area contributed by atoms with Crippen molar-refractivity contribution < 1.29 is 13.9 Å². The molecule has 4 rings (SSSR count). The van der Waals surface area contributed by atoms with Gasteiger partial charge in [-0.2, -0.15) is 5.10 Å². The Labute approximate surface area is 200 Å². The highest BCUT2D eigenvalue weighted by Crippen LogP contribution is 2.31. The lowest BCUT2D eigenvalue weighted by Crippen LogP contribution is -2.37. The van der Waals surface area contributed by atoms with Gasteiger partial charge in [-0.1, -0.05) is 37.3 Å². The number of fused-ring (bicyclic) bond motifs is 1. The number of ether oxygens (including phenoxy) is 1. The van der Waals surface area contributed by atoms with E-state index in [4.69, 9.17) is 9.84 Å². The Hall–Kier alpha value is -3.19. The third kappa shape index (κ3) is 4.85. The van der Waals surface area contributed by atoms with Crippen LogP contribution in [0.4, 0.5) is 4.39 Å². The molecule has 7 heteroatoms. The van der Waals surface area contributed by atoms with Gasteiger partial charge in [0.2, 0.25) is 5.91 Å². The zero-order valence-corrected chi connectivity index (χ0v) is 20.4. The fourth-order valence-corrected chi connectivity index (χ4v) is 4.60. The molecule has 0 saturated carbocycles. The van der Waals surface area contributed by atoms with Gasteiger partial charge < -0.3 is 9.64 Å². The first-order chi connectivity index (χ1) is 16.4. The number of rotatable bonds is 8. The van der Waals surface area contributed by atoms with Crippen LogP contribution in [0.25, 0.3) is 5.69 Å². The molecule has 2 aromatic carbocycles. The summed E-state index contributed by atoms with van der Waals surface area (Å²) in [5.74, 6) is 0.672. The molecule has 1 aromatic heterocycles. The number of para-hydroxylation sites is 2. The second kappa shape index (κ2) is 10.4. The Morgan fingerprint density at radius 1 is 1.18 bits per heavy atom. The third-order valence-electron chi connectivity index (χ3n) is 6.45. The van der Waals surface area contributed by atoms with Crippen molar-refractivity contribution in [3.05, 3.63) is 76.9 Å². The van der Waals surface area contributed by atoms with Gasteiger partial charge in [0.05, 0.1) is 25.0 Å². The second-order valence-electron chi connectivity index (χ2n) is 8.98. The molecule has 34 heavy (non-hydrogen) atoms. The SMILES string of the molecule is CCC(=O)N(Cc1nn(-c2ccccc2OC)c2c1CN(Cc1ccccc1F)CC2)C(C)C. The topological polar surface area (TPSA) is 50.6 Å². The highest BCUT2D eigenvalue weighted by molar-refractivity contribution is 5.76. The first kappa shape index (κ1) is 24.0. The highest BCUT2D eigenvalue weighted by atomic mass is 19.1. The molecule has 0 saturated heterocycles. The van der Waals surface area contributed by atoms with Crippen LogP contribution in [0, 0.1) is 5.82 Å². The molecule has 3 aromatic rings. The lowest BCUT2D eigenvalue weighted by molar-refractivity contribution is -0.133. The molecule has 180 valence electrons. The van der Waals surface area contributed by atoms with Gasteiger partial charge in [0.15, 0.2) is 0 Å². The normalized spacial score (nSPS) is 13.7. The lowest BCUT2D eigenvalue weighted by atomic mass is 10.0. The average Bonchev–Trinajstić information content (AvgIpc) is 3.20. The van der Waals surface area contributed by atoms with E-state index in [1.807, 2.05) is 66.8 Å². The molecule has 0 spiro atoms. The molecule has 1 amide bonds. The van der Waals surface area contributed by atoms with Crippen molar-refractivity contribution in [3.63, 3.8) is 0 Å². The molecule has 0 N–H and O–H groups in total. The predicted octanol–water partition coefficient (Wildman–Crippen LogP) is 4.73. The Balaban J connectivity index is 1.73. The summed E-state index contributed by atoms with van der Waals surface area (Å²) in [4.78, 5) is 16.8. The van der Waals surface area contributed by atoms with Crippen LogP contribution in [0.3, 0.4) is 0 Å². The summed E-state index contributed by atoms with van der Waals surface area (Å²) in [5.41, 5.74) is 4.69. The van der Waals surface area contributed by atoms with Gasteiger partial charge in [-0.15, -0.1) is 0 Å². The number of methoxy groups -OCH3 is 1. The van der Waals surface area contributed by atoms with Crippen molar-refractivity contribution >= 4 is 5.91 Å². The summed E-state index contributed by atoms with van der Waals surface area (Å²) >= 11 is 0. The maximum absolute atomic E-state index is 14.3. The summed E-state index contributed by atoms with van der Waals surface area (Å²) < 4.78 is 21.9. The number of hydrogen-bond acceptors (Lipinski definition) is 4. The van der Waals surface area contributed by atoms with Crippen molar-refractivity contribution in [2.45, 2.75) is 59.3 Å². The molecule has 1 aliphatic rings. The minimum Gasteiger partial charge on any atom is -0.494 e. The van der Waals surface area contributed by atoms with Gasteiger partial charge in [0.1, 0.15) is 17.3 Å². The van der Waals surface area contributed by atoms with Crippen LogP contribution in [0.1, 0.15) is 49.7 Å². The minimum atomic E-state index is -0.183. The highest BCUT2D eigenvalue weighted by Gasteiger charge is 2.29. The summed E-state index contributed by atoms with van der Waals surface area (Å²) in [6.07, 6.45) is 1.23. The van der Waals surface area contributed by atoms with Gasteiger partial charge >= 0.3 is 0 Å². The van der Waals surface area contributed by atoms with Crippen molar-refractivity contribution in [2.24, 2.45) is 0 Å². The molecule has 0 fully saturated rings. The van der Waals surface area contributed by atoms with Crippen LogP contribution in [-0.4, -0.2) is 45.2 Å². The van der Waals surface area contributed by atoms with Gasteiger partial charge in [-0.25, -0.2) is 9.07 Å². The number of nitrogens with zero attached hydrogens (tertiary/aromatic N) is 4. The van der Waals surface area contributed by atoms with E-state index in [0.29, 0.717) is 31.6 Å². The first-order valence-electron chi connectivity index (χ1n) is 11.9. The van der Waals surface area contributed by atoms with E-state index in [2.05, 4.69) is 4.90 Å². The fourth-order valence-electron chi connectivity index (χ4n) is 4.60. The molecule has 0 atom stereocenters. The number of hydrogen-bond donors (Lipinski definition) is 0. The van der Waals surface area contributed by atoms with Gasteiger partial charge in [-0.3, -0.25) is 9.69 Å². The second-order valence-corrected chi connectivity index (χ2v) is 8.98. The van der Waals surface area contributed by atoms with Gasteiger partial charge in [-0.05, 0) is 32.0 Å². The number of carbonyl (C=O) groups excluding carboxylic acids is 1. The zero-order valence-electron chi connectivity index (χ0n) is 20.4. The molecule has 0 radical (unpaired) electrons. The van der Waals surface area contributed by atoms with Crippen molar-refractivity contribution in [2.75, 3.05) is 13.7 Å². The van der Waals surface area contributed by atoms with E-state index in [1.54, 1.807) is 13.2 Å². The minimum absolute atomic E-state index is 0.0672. The van der Waals surface area contributed by atoms with E-state index in [-0.39, 0.29) is 17.8 Å². The van der Waals surface area contributed by atoms with Crippen LogP contribution in [-0.2, 0) is 30.8 Å². The summed E-state index contributed by atoms with van der Waals surface area (Å²) in [5, 5.41) is 5.01. The van der Waals surface area contributed by atoms with Gasteiger partial charge in [0.25, 0.3) is 0 Å². The average molecular weight is 465 g/mol. The smallest absolute Gasteiger partial charge is 0.222 e. The lowest BCUT2D eigenvalue weighted by Gasteiger charge is -2.29. The van der Waals surface area contributed by atoms with Gasteiger partial charge in [0, 0.05) is 49.6 Å². The van der Waals surface area contributed by atoms with E-state index in [0.717, 1.165) is 41.4 Å². The zero-order chi connectivity index (χ0) is 24.2. The molecular weight excluding hydrogens is 431 g/mol. The Kier molecular flexibility index (Phi) is 7.32. The molecule has 0 unspecified atom stereocenters. The van der Waals surface area contributed by atoms with E-state index in [1.165, 1.54) is 6.07 Å². The molecular formula is C27H33FN4O2.